The molecular formula is C18H21ClF3N3O. The van der Waals surface area contributed by atoms with Gasteiger partial charge in [-0.1, -0.05) is 32.4 Å². The van der Waals surface area contributed by atoms with E-state index in [1.54, 1.807) is 0 Å². The number of nitrogens with zero attached hydrogens (tertiary/aromatic N) is 2. The highest BCUT2D eigenvalue weighted by atomic mass is 35.5. The first kappa shape index (κ1) is 20.5. The molecule has 2 atom stereocenters. The molecule has 2 aromatic rings. The Hall–Kier alpha value is -1.86. The van der Waals surface area contributed by atoms with Crippen molar-refractivity contribution < 1.29 is 17.9 Å². The molecule has 0 fully saturated rings. The van der Waals surface area contributed by atoms with Gasteiger partial charge < -0.3 is 4.74 Å². The summed E-state index contributed by atoms with van der Waals surface area (Å²) in [6, 6.07) is 2.31. The van der Waals surface area contributed by atoms with Gasteiger partial charge in [0, 0.05) is 11.5 Å². The van der Waals surface area contributed by atoms with Gasteiger partial charge in [-0.25, -0.2) is 18.2 Å². The molecule has 0 aromatic carbocycles. The first-order chi connectivity index (χ1) is 12.2. The van der Waals surface area contributed by atoms with E-state index < -0.39 is 24.0 Å². The molecule has 142 valence electrons. The molecule has 4 nitrogen and oxygen atoms in total. The molecule has 0 saturated carbocycles. The number of pyridine rings is 2. The van der Waals surface area contributed by atoms with E-state index in [4.69, 9.17) is 22.1 Å². The highest BCUT2D eigenvalue weighted by Gasteiger charge is 2.22. The Balaban J connectivity index is 2.33. The Morgan fingerprint density at radius 2 is 1.85 bits per heavy atom. The summed E-state index contributed by atoms with van der Waals surface area (Å²) in [6.07, 6.45) is -0.756. The van der Waals surface area contributed by atoms with Crippen LogP contribution in [-0.4, -0.2) is 16.2 Å². The van der Waals surface area contributed by atoms with Gasteiger partial charge in [0.25, 0.3) is 6.43 Å². The minimum atomic E-state index is -2.83. The van der Waals surface area contributed by atoms with Gasteiger partial charge in [-0.2, -0.15) is 0 Å². The van der Waals surface area contributed by atoms with Crippen LogP contribution in [0.1, 0.15) is 39.2 Å². The minimum absolute atomic E-state index is 0.0123. The molecule has 2 N–H and O–H groups in total. The van der Waals surface area contributed by atoms with Crippen molar-refractivity contribution in [3.8, 4) is 17.0 Å². The molecule has 0 aliphatic rings. The lowest BCUT2D eigenvalue weighted by Gasteiger charge is -2.24. The summed E-state index contributed by atoms with van der Waals surface area (Å²) in [4.78, 5) is 7.62. The summed E-state index contributed by atoms with van der Waals surface area (Å²) < 4.78 is 46.4. The van der Waals surface area contributed by atoms with Crippen LogP contribution in [0, 0.1) is 17.7 Å². The zero-order chi connectivity index (χ0) is 19.4. The van der Waals surface area contributed by atoms with E-state index in [0.29, 0.717) is 5.92 Å². The van der Waals surface area contributed by atoms with Crippen molar-refractivity contribution in [1.29, 1.82) is 0 Å². The fourth-order valence-electron chi connectivity index (χ4n) is 2.62. The first-order valence-corrected chi connectivity index (χ1v) is 8.58. The predicted octanol–water partition coefficient (Wildman–Crippen LogP) is 5.22. The number of rotatable bonds is 7. The molecule has 26 heavy (non-hydrogen) atoms. The first-order valence-electron chi connectivity index (χ1n) is 8.20. The number of hydrogen-bond acceptors (Lipinski definition) is 4. The van der Waals surface area contributed by atoms with Gasteiger partial charge in [0.15, 0.2) is 5.82 Å². The molecule has 2 rings (SSSR count). The molecule has 0 aliphatic carbocycles. The third kappa shape index (κ3) is 5.08. The predicted molar refractivity (Wildman–Crippen MR) is 94.6 cm³/mol. The molecular weight excluding hydrogens is 367 g/mol. The summed E-state index contributed by atoms with van der Waals surface area (Å²) in [5.74, 6) is -0.462. The summed E-state index contributed by atoms with van der Waals surface area (Å²) in [7, 11) is 0. The SMILES string of the molecule is CC(C)CC(C)C(N)Oc1cnc(-c2cc(Cl)ncc2F)cc1C(F)F. The molecule has 0 saturated heterocycles. The minimum Gasteiger partial charge on any atom is -0.473 e. The van der Waals surface area contributed by atoms with E-state index in [9.17, 15) is 13.2 Å². The van der Waals surface area contributed by atoms with Gasteiger partial charge in [-0.15, -0.1) is 0 Å². The van der Waals surface area contributed by atoms with E-state index in [-0.39, 0.29) is 28.1 Å². The topological polar surface area (TPSA) is 61.0 Å². The second-order valence-electron chi connectivity index (χ2n) is 6.58. The van der Waals surface area contributed by atoms with E-state index in [1.165, 1.54) is 6.07 Å². The summed E-state index contributed by atoms with van der Waals surface area (Å²) >= 11 is 5.75. The van der Waals surface area contributed by atoms with Gasteiger partial charge in [-0.05, 0) is 24.5 Å². The average Bonchev–Trinajstić information content (AvgIpc) is 2.56. The molecule has 0 aliphatic heterocycles. The molecule has 8 heteroatoms. The largest absolute Gasteiger partial charge is 0.473 e. The van der Waals surface area contributed by atoms with Crippen LogP contribution < -0.4 is 10.5 Å². The van der Waals surface area contributed by atoms with Crippen molar-refractivity contribution in [2.24, 2.45) is 17.6 Å². The van der Waals surface area contributed by atoms with E-state index in [2.05, 4.69) is 9.97 Å². The quantitative estimate of drug-likeness (QED) is 0.522. The fourth-order valence-corrected chi connectivity index (χ4v) is 2.78. The maximum Gasteiger partial charge on any atom is 0.267 e. The third-order valence-electron chi connectivity index (χ3n) is 3.90. The van der Waals surface area contributed by atoms with Crippen molar-refractivity contribution in [2.75, 3.05) is 0 Å². The zero-order valence-electron chi connectivity index (χ0n) is 14.7. The molecule has 2 heterocycles. The van der Waals surface area contributed by atoms with Gasteiger partial charge in [0.2, 0.25) is 0 Å². The second-order valence-corrected chi connectivity index (χ2v) is 6.97. The van der Waals surface area contributed by atoms with Gasteiger partial charge in [0.1, 0.15) is 17.1 Å². The lowest BCUT2D eigenvalue weighted by molar-refractivity contribution is 0.114. The van der Waals surface area contributed by atoms with Crippen molar-refractivity contribution in [1.82, 2.24) is 9.97 Å². The average molecular weight is 388 g/mol. The zero-order valence-corrected chi connectivity index (χ0v) is 15.5. The molecule has 2 unspecified atom stereocenters. The molecule has 0 bridgehead atoms. The molecule has 2 aromatic heterocycles. The highest BCUT2D eigenvalue weighted by Crippen LogP contribution is 2.34. The fraction of sp³-hybridized carbons (Fsp3) is 0.444. The van der Waals surface area contributed by atoms with Crippen LogP contribution in [-0.2, 0) is 0 Å². The Morgan fingerprint density at radius 1 is 1.15 bits per heavy atom. The molecule has 0 spiro atoms. The third-order valence-corrected chi connectivity index (χ3v) is 4.10. The normalized spacial score (nSPS) is 13.9. The van der Waals surface area contributed by atoms with Crippen molar-refractivity contribution in [3.63, 3.8) is 0 Å². The molecule has 0 amide bonds. The number of ether oxygens (including phenoxy) is 1. The Kier molecular flexibility index (Phi) is 6.83. The Morgan fingerprint density at radius 3 is 2.46 bits per heavy atom. The lowest BCUT2D eigenvalue weighted by Crippen LogP contribution is -2.35. The van der Waals surface area contributed by atoms with Gasteiger partial charge in [0.05, 0.1) is 23.7 Å². The Bertz CT molecular complexity index is 758. The monoisotopic (exact) mass is 387 g/mol. The smallest absolute Gasteiger partial charge is 0.267 e. The summed E-state index contributed by atoms with van der Waals surface area (Å²) in [6.45, 7) is 5.97. The van der Waals surface area contributed by atoms with Crippen molar-refractivity contribution in [2.45, 2.75) is 39.8 Å². The maximum absolute atomic E-state index is 13.9. The number of hydrogen-bond donors (Lipinski definition) is 1. The van der Waals surface area contributed by atoms with E-state index in [0.717, 1.165) is 24.9 Å². The highest BCUT2D eigenvalue weighted by molar-refractivity contribution is 6.29. The Labute approximate surface area is 155 Å². The number of alkyl halides is 2. The molecule has 0 radical (unpaired) electrons. The van der Waals surface area contributed by atoms with Crippen LogP contribution in [0.25, 0.3) is 11.3 Å². The van der Waals surface area contributed by atoms with Crippen LogP contribution in [0.15, 0.2) is 24.5 Å². The summed E-state index contributed by atoms with van der Waals surface area (Å²) in [5, 5.41) is 0.0339. The van der Waals surface area contributed by atoms with Gasteiger partial charge >= 0.3 is 0 Å². The van der Waals surface area contributed by atoms with Crippen molar-refractivity contribution in [3.05, 3.63) is 41.1 Å². The van der Waals surface area contributed by atoms with E-state index in [1.807, 2.05) is 20.8 Å². The van der Waals surface area contributed by atoms with Crippen LogP contribution in [0.3, 0.4) is 0 Å². The number of halogens is 4. The van der Waals surface area contributed by atoms with Crippen LogP contribution in [0.5, 0.6) is 5.75 Å². The van der Waals surface area contributed by atoms with Crippen LogP contribution >= 0.6 is 11.6 Å². The van der Waals surface area contributed by atoms with Crippen LogP contribution in [0.2, 0.25) is 5.15 Å². The summed E-state index contributed by atoms with van der Waals surface area (Å²) in [5.41, 5.74) is 5.57. The second kappa shape index (κ2) is 8.68. The van der Waals surface area contributed by atoms with Gasteiger partial charge in [-0.3, -0.25) is 10.7 Å². The number of nitrogens with two attached hydrogens (primary N) is 1. The van der Waals surface area contributed by atoms with Crippen LogP contribution in [0.4, 0.5) is 13.2 Å². The lowest BCUT2D eigenvalue weighted by atomic mass is 9.97. The number of aromatic nitrogens is 2. The van der Waals surface area contributed by atoms with Crippen molar-refractivity contribution >= 4 is 11.6 Å². The maximum atomic E-state index is 13.9. The standard InChI is InChI=1S/C18H21ClF3N3O/c1-9(2)4-10(3)18(23)26-15-8-24-14(5-12(15)17(21)22)11-6-16(19)25-7-13(11)20/h5-10,17-18H,4,23H2,1-3H3. The van der Waals surface area contributed by atoms with E-state index >= 15 is 0 Å².